The van der Waals surface area contributed by atoms with Gasteiger partial charge in [0, 0.05) is 18.6 Å². The molecule has 0 atom stereocenters. The summed E-state index contributed by atoms with van der Waals surface area (Å²) in [6.07, 6.45) is 0. The van der Waals surface area contributed by atoms with Gasteiger partial charge in [-0.25, -0.2) is 4.98 Å². The predicted molar refractivity (Wildman–Crippen MR) is 80.7 cm³/mol. The molecule has 5 nitrogen and oxygen atoms in total. The summed E-state index contributed by atoms with van der Waals surface area (Å²) in [6, 6.07) is 10.6. The van der Waals surface area contributed by atoms with Gasteiger partial charge in [0.1, 0.15) is 5.69 Å². The Morgan fingerprint density at radius 3 is 2.65 bits per heavy atom. The molecule has 0 saturated carbocycles. The van der Waals surface area contributed by atoms with Crippen molar-refractivity contribution < 1.29 is 4.79 Å². The van der Waals surface area contributed by atoms with Crippen molar-refractivity contribution in [2.75, 3.05) is 17.7 Å². The summed E-state index contributed by atoms with van der Waals surface area (Å²) < 4.78 is 0. The van der Waals surface area contributed by atoms with Gasteiger partial charge in [-0.05, 0) is 23.8 Å². The lowest BCUT2D eigenvalue weighted by molar-refractivity contribution is 0.0995. The molecule has 0 aliphatic heterocycles. The number of carbonyl (C=O) groups is 1. The lowest BCUT2D eigenvalue weighted by Gasteiger charge is -2.21. The Morgan fingerprint density at radius 1 is 1.30 bits per heavy atom. The molecule has 0 aliphatic rings. The molecule has 0 spiro atoms. The Balaban J connectivity index is 2.29. The predicted octanol–water partition coefficient (Wildman–Crippen LogP) is 2.05. The number of hydrogen-bond acceptors (Lipinski definition) is 4. The van der Waals surface area contributed by atoms with Crippen LogP contribution >= 0.6 is 11.6 Å². The molecule has 104 valence electrons. The number of pyridine rings is 1. The van der Waals surface area contributed by atoms with Gasteiger partial charge >= 0.3 is 0 Å². The van der Waals surface area contributed by atoms with Crippen LogP contribution in [0.5, 0.6) is 0 Å². The molecular formula is C14H15ClN4O. The Kier molecular flexibility index (Phi) is 4.10. The SMILES string of the molecule is CN(Cc1ccccc1Cl)c1nc(C(N)=O)ccc1N. The van der Waals surface area contributed by atoms with Crippen LogP contribution in [0.15, 0.2) is 36.4 Å². The molecule has 1 aromatic heterocycles. The Bertz CT molecular complexity index is 645. The molecule has 2 aromatic rings. The minimum atomic E-state index is -0.586. The van der Waals surface area contributed by atoms with Crippen LogP contribution < -0.4 is 16.4 Å². The van der Waals surface area contributed by atoms with E-state index in [-0.39, 0.29) is 5.69 Å². The number of rotatable bonds is 4. The van der Waals surface area contributed by atoms with Crippen LogP contribution in [-0.4, -0.2) is 17.9 Å². The molecule has 0 radical (unpaired) electrons. The van der Waals surface area contributed by atoms with E-state index in [2.05, 4.69) is 4.98 Å². The number of benzene rings is 1. The number of carbonyl (C=O) groups excluding carboxylic acids is 1. The molecule has 1 amide bonds. The summed E-state index contributed by atoms with van der Waals surface area (Å²) in [5.41, 5.74) is 12.7. The number of nitrogens with two attached hydrogens (primary N) is 2. The highest BCUT2D eigenvalue weighted by Gasteiger charge is 2.12. The molecule has 2 rings (SSSR count). The first-order valence-corrected chi connectivity index (χ1v) is 6.37. The fourth-order valence-electron chi connectivity index (χ4n) is 1.86. The average molecular weight is 291 g/mol. The smallest absolute Gasteiger partial charge is 0.267 e. The maximum absolute atomic E-state index is 11.2. The van der Waals surface area contributed by atoms with Gasteiger partial charge in [-0.3, -0.25) is 4.79 Å². The minimum absolute atomic E-state index is 0.181. The highest BCUT2D eigenvalue weighted by Crippen LogP contribution is 2.23. The Labute approximate surface area is 122 Å². The normalized spacial score (nSPS) is 10.3. The van der Waals surface area contributed by atoms with Crippen molar-refractivity contribution >= 4 is 29.0 Å². The second kappa shape index (κ2) is 5.79. The van der Waals surface area contributed by atoms with Crippen LogP contribution in [0.25, 0.3) is 0 Å². The number of nitrogen functional groups attached to an aromatic ring is 1. The number of hydrogen-bond donors (Lipinski definition) is 2. The van der Waals surface area contributed by atoms with E-state index in [1.54, 1.807) is 6.07 Å². The van der Waals surface area contributed by atoms with Gasteiger partial charge in [0.2, 0.25) is 0 Å². The highest BCUT2D eigenvalue weighted by atomic mass is 35.5. The number of amides is 1. The van der Waals surface area contributed by atoms with Crippen LogP contribution in [0.1, 0.15) is 16.1 Å². The maximum Gasteiger partial charge on any atom is 0.267 e. The zero-order valence-electron chi connectivity index (χ0n) is 11.0. The first-order chi connectivity index (χ1) is 9.49. The second-order valence-corrected chi connectivity index (χ2v) is 4.83. The molecule has 4 N–H and O–H groups in total. The standard InChI is InChI=1S/C14H15ClN4O/c1-19(8-9-4-2-3-5-10(9)15)14-11(16)6-7-12(18-14)13(17)20/h2-7H,8,16H2,1H3,(H2,17,20). The summed E-state index contributed by atoms with van der Waals surface area (Å²) in [7, 11) is 1.83. The van der Waals surface area contributed by atoms with Crippen LogP contribution in [0.2, 0.25) is 5.02 Å². The number of primary amides is 1. The molecule has 0 unspecified atom stereocenters. The summed E-state index contributed by atoms with van der Waals surface area (Å²) in [5.74, 6) is -0.0846. The van der Waals surface area contributed by atoms with E-state index in [1.165, 1.54) is 6.07 Å². The molecule has 20 heavy (non-hydrogen) atoms. The van der Waals surface area contributed by atoms with Crippen LogP contribution in [0.3, 0.4) is 0 Å². The van der Waals surface area contributed by atoms with E-state index in [4.69, 9.17) is 23.1 Å². The summed E-state index contributed by atoms with van der Waals surface area (Å²) in [4.78, 5) is 17.2. The van der Waals surface area contributed by atoms with Crippen molar-refractivity contribution in [3.8, 4) is 0 Å². The second-order valence-electron chi connectivity index (χ2n) is 4.42. The maximum atomic E-state index is 11.2. The third-order valence-electron chi connectivity index (χ3n) is 2.88. The molecule has 6 heteroatoms. The molecule has 0 fully saturated rings. The van der Waals surface area contributed by atoms with E-state index in [9.17, 15) is 4.79 Å². The van der Waals surface area contributed by atoms with Crippen molar-refractivity contribution in [2.45, 2.75) is 6.54 Å². The quantitative estimate of drug-likeness (QED) is 0.902. The first kappa shape index (κ1) is 14.1. The molecule has 0 aliphatic carbocycles. The number of aromatic nitrogens is 1. The molecular weight excluding hydrogens is 276 g/mol. The minimum Gasteiger partial charge on any atom is -0.396 e. The summed E-state index contributed by atoms with van der Waals surface area (Å²) in [6.45, 7) is 0.527. The number of nitrogens with zero attached hydrogens (tertiary/aromatic N) is 2. The molecule has 0 saturated heterocycles. The van der Waals surface area contributed by atoms with Crippen molar-refractivity contribution in [2.24, 2.45) is 5.73 Å². The van der Waals surface area contributed by atoms with Crippen LogP contribution in [-0.2, 0) is 6.54 Å². The topological polar surface area (TPSA) is 85.2 Å². The van der Waals surface area contributed by atoms with E-state index in [0.717, 1.165) is 5.56 Å². The number of halogens is 1. The zero-order chi connectivity index (χ0) is 14.7. The highest BCUT2D eigenvalue weighted by molar-refractivity contribution is 6.31. The average Bonchev–Trinajstić information content (AvgIpc) is 2.41. The van der Waals surface area contributed by atoms with Gasteiger partial charge in [0.25, 0.3) is 5.91 Å². The van der Waals surface area contributed by atoms with Gasteiger partial charge in [-0.2, -0.15) is 0 Å². The van der Waals surface area contributed by atoms with E-state index in [0.29, 0.717) is 23.1 Å². The largest absolute Gasteiger partial charge is 0.396 e. The summed E-state index contributed by atoms with van der Waals surface area (Å²) >= 11 is 6.12. The van der Waals surface area contributed by atoms with Gasteiger partial charge < -0.3 is 16.4 Å². The fourth-order valence-corrected chi connectivity index (χ4v) is 2.05. The van der Waals surface area contributed by atoms with Crippen molar-refractivity contribution in [1.82, 2.24) is 4.98 Å². The van der Waals surface area contributed by atoms with E-state index < -0.39 is 5.91 Å². The van der Waals surface area contributed by atoms with Crippen molar-refractivity contribution in [1.29, 1.82) is 0 Å². The number of anilines is 2. The molecule has 1 aromatic carbocycles. The van der Waals surface area contributed by atoms with Gasteiger partial charge in [-0.15, -0.1) is 0 Å². The van der Waals surface area contributed by atoms with Crippen LogP contribution in [0.4, 0.5) is 11.5 Å². The molecule has 0 bridgehead atoms. The summed E-state index contributed by atoms with van der Waals surface area (Å²) in [5, 5.41) is 0.670. The van der Waals surface area contributed by atoms with Gasteiger partial charge in [-0.1, -0.05) is 29.8 Å². The Morgan fingerprint density at radius 2 is 2.00 bits per heavy atom. The third kappa shape index (κ3) is 3.00. The van der Waals surface area contributed by atoms with Crippen LogP contribution in [0, 0.1) is 0 Å². The lowest BCUT2D eigenvalue weighted by atomic mass is 10.2. The van der Waals surface area contributed by atoms with Crippen molar-refractivity contribution in [3.63, 3.8) is 0 Å². The molecule has 1 heterocycles. The monoisotopic (exact) mass is 290 g/mol. The van der Waals surface area contributed by atoms with E-state index in [1.807, 2.05) is 36.2 Å². The van der Waals surface area contributed by atoms with E-state index >= 15 is 0 Å². The van der Waals surface area contributed by atoms with Crippen molar-refractivity contribution in [3.05, 3.63) is 52.7 Å². The van der Waals surface area contributed by atoms with Gasteiger partial charge in [0.05, 0.1) is 5.69 Å². The van der Waals surface area contributed by atoms with Gasteiger partial charge in [0.15, 0.2) is 5.82 Å². The fraction of sp³-hybridized carbons (Fsp3) is 0.143. The third-order valence-corrected chi connectivity index (χ3v) is 3.25. The first-order valence-electron chi connectivity index (χ1n) is 6.00. The lowest BCUT2D eigenvalue weighted by Crippen LogP contribution is -2.22. The Hall–Kier alpha value is -2.27. The zero-order valence-corrected chi connectivity index (χ0v) is 11.8.